The molecule has 0 aromatic heterocycles. The summed E-state index contributed by atoms with van der Waals surface area (Å²) in [6, 6.07) is 0.506. The first-order valence-corrected chi connectivity index (χ1v) is 4.15. The summed E-state index contributed by atoms with van der Waals surface area (Å²) < 4.78 is 73.4. The number of anilines is 1. The Kier molecular flexibility index (Phi) is 3.02. The zero-order chi connectivity index (χ0) is 12.7. The summed E-state index contributed by atoms with van der Waals surface area (Å²) in [5.41, 5.74) is 1.02. The van der Waals surface area contributed by atoms with Gasteiger partial charge in [-0.3, -0.25) is 0 Å². The molecule has 1 rings (SSSR count). The van der Waals surface area contributed by atoms with Gasteiger partial charge < -0.3 is 5.73 Å². The molecule has 0 aliphatic carbocycles. The van der Waals surface area contributed by atoms with Crippen LogP contribution in [-0.2, 0) is 12.4 Å². The molecular weight excluding hydrogens is 260 g/mol. The molecule has 2 N–H and O–H groups in total. The first-order valence-electron chi connectivity index (χ1n) is 3.77. The molecule has 1 aromatic rings. The van der Waals surface area contributed by atoms with E-state index in [9.17, 15) is 26.3 Å². The lowest BCUT2D eigenvalue weighted by atomic mass is 10.1. The van der Waals surface area contributed by atoms with Crippen LogP contribution in [0.1, 0.15) is 11.1 Å². The van der Waals surface area contributed by atoms with E-state index in [1.165, 1.54) is 0 Å². The minimum absolute atomic E-state index is 0.252. The Bertz CT molecular complexity index is 369. The van der Waals surface area contributed by atoms with Gasteiger partial charge in [0, 0.05) is 0 Å². The van der Waals surface area contributed by atoms with E-state index in [0.717, 1.165) is 0 Å². The third kappa shape index (κ3) is 2.34. The molecule has 0 aliphatic heterocycles. The number of alkyl halides is 6. The lowest BCUT2D eigenvalue weighted by Crippen LogP contribution is -2.13. The second-order valence-electron chi connectivity index (χ2n) is 2.88. The highest BCUT2D eigenvalue weighted by atomic mass is 35.5. The number of nitrogen functional groups attached to an aromatic ring is 1. The van der Waals surface area contributed by atoms with E-state index in [4.69, 9.17) is 17.3 Å². The molecule has 90 valence electrons. The molecule has 0 atom stereocenters. The van der Waals surface area contributed by atoms with E-state index in [0.29, 0.717) is 0 Å². The van der Waals surface area contributed by atoms with Gasteiger partial charge in [0.2, 0.25) is 0 Å². The Labute approximate surface area is 90.8 Å². The molecule has 16 heavy (non-hydrogen) atoms. The van der Waals surface area contributed by atoms with Gasteiger partial charge in [-0.25, -0.2) is 0 Å². The van der Waals surface area contributed by atoms with Crippen LogP contribution < -0.4 is 5.73 Å². The highest BCUT2D eigenvalue weighted by Gasteiger charge is 2.39. The Morgan fingerprint density at radius 2 is 1.25 bits per heavy atom. The van der Waals surface area contributed by atoms with Crippen molar-refractivity contribution in [3.8, 4) is 0 Å². The molecular formula is C8H4ClF6N. The summed E-state index contributed by atoms with van der Waals surface area (Å²) in [4.78, 5) is 0. The van der Waals surface area contributed by atoms with Crippen molar-refractivity contribution in [2.75, 3.05) is 5.73 Å². The third-order valence-corrected chi connectivity index (χ3v) is 2.20. The molecule has 8 heteroatoms. The summed E-state index contributed by atoms with van der Waals surface area (Å²) >= 11 is 5.14. The molecule has 0 fully saturated rings. The first-order chi connectivity index (χ1) is 7.05. The number of nitrogens with two attached hydrogens (primary N) is 1. The van der Waals surface area contributed by atoms with Crippen molar-refractivity contribution in [3.63, 3.8) is 0 Å². The molecule has 0 spiro atoms. The van der Waals surface area contributed by atoms with E-state index < -0.39 is 34.2 Å². The summed E-state index contributed by atoms with van der Waals surface area (Å²) in [7, 11) is 0. The van der Waals surface area contributed by atoms with E-state index >= 15 is 0 Å². The second-order valence-corrected chi connectivity index (χ2v) is 3.26. The van der Waals surface area contributed by atoms with Crippen LogP contribution in [0.2, 0.25) is 5.02 Å². The van der Waals surface area contributed by atoms with Gasteiger partial charge in [0.25, 0.3) is 0 Å². The Morgan fingerprint density at radius 1 is 0.875 bits per heavy atom. The molecule has 0 unspecified atom stereocenters. The zero-order valence-electron chi connectivity index (χ0n) is 7.38. The Morgan fingerprint density at radius 3 is 1.62 bits per heavy atom. The second kappa shape index (κ2) is 3.73. The number of hydrogen-bond donors (Lipinski definition) is 1. The molecule has 0 heterocycles. The minimum Gasteiger partial charge on any atom is -0.397 e. The van der Waals surface area contributed by atoms with Crippen LogP contribution in [0, 0.1) is 0 Å². The van der Waals surface area contributed by atoms with E-state index in [1.54, 1.807) is 0 Å². The summed E-state index contributed by atoms with van der Waals surface area (Å²) in [5, 5.41) is -1.14. The molecule has 1 aromatic carbocycles. The first kappa shape index (κ1) is 13.0. The van der Waals surface area contributed by atoms with Crippen LogP contribution in [0.4, 0.5) is 32.0 Å². The van der Waals surface area contributed by atoms with Crippen LogP contribution in [0.5, 0.6) is 0 Å². The van der Waals surface area contributed by atoms with Crippen molar-refractivity contribution in [1.29, 1.82) is 0 Å². The summed E-state index contributed by atoms with van der Waals surface area (Å²) in [6.07, 6.45) is -9.67. The van der Waals surface area contributed by atoms with Gasteiger partial charge in [0.15, 0.2) is 0 Å². The molecule has 0 saturated carbocycles. The highest BCUT2D eigenvalue weighted by Crippen LogP contribution is 2.43. The highest BCUT2D eigenvalue weighted by molar-refractivity contribution is 6.34. The fraction of sp³-hybridized carbons (Fsp3) is 0.250. The molecule has 0 bridgehead atoms. The Hall–Kier alpha value is -1.11. The maximum absolute atomic E-state index is 12.2. The van der Waals surface area contributed by atoms with Crippen molar-refractivity contribution < 1.29 is 26.3 Å². The fourth-order valence-corrected chi connectivity index (χ4v) is 1.33. The van der Waals surface area contributed by atoms with Crippen molar-refractivity contribution in [2.45, 2.75) is 12.4 Å². The molecule has 0 aliphatic rings. The lowest BCUT2D eigenvalue weighted by molar-refractivity contribution is -0.140. The van der Waals surface area contributed by atoms with Gasteiger partial charge in [-0.2, -0.15) is 26.3 Å². The van der Waals surface area contributed by atoms with E-state index in [1.807, 2.05) is 0 Å². The number of benzene rings is 1. The van der Waals surface area contributed by atoms with Crippen LogP contribution in [0.15, 0.2) is 12.1 Å². The predicted molar refractivity (Wildman–Crippen MR) is 45.9 cm³/mol. The standard InChI is InChI=1S/C8H4ClF6N/c9-5-3(7(10,11)12)1-2-4(6(5)16)8(13,14)15/h1-2H,16H2. The van der Waals surface area contributed by atoms with Crippen molar-refractivity contribution in [1.82, 2.24) is 0 Å². The number of halogens is 7. The largest absolute Gasteiger partial charge is 0.418 e. The predicted octanol–water partition coefficient (Wildman–Crippen LogP) is 3.96. The van der Waals surface area contributed by atoms with E-state index in [2.05, 4.69) is 0 Å². The Balaban J connectivity index is 3.41. The quantitative estimate of drug-likeness (QED) is 0.556. The zero-order valence-corrected chi connectivity index (χ0v) is 8.13. The summed E-state index contributed by atoms with van der Waals surface area (Å²) in [6.45, 7) is 0. The smallest absolute Gasteiger partial charge is 0.397 e. The van der Waals surface area contributed by atoms with Crippen LogP contribution in [0.25, 0.3) is 0 Å². The van der Waals surface area contributed by atoms with E-state index in [-0.39, 0.29) is 12.1 Å². The van der Waals surface area contributed by atoms with Crippen molar-refractivity contribution >= 4 is 17.3 Å². The molecule has 0 radical (unpaired) electrons. The van der Waals surface area contributed by atoms with Crippen LogP contribution in [-0.4, -0.2) is 0 Å². The third-order valence-electron chi connectivity index (χ3n) is 1.79. The normalized spacial score (nSPS) is 12.9. The SMILES string of the molecule is Nc1c(C(F)(F)F)ccc(C(F)(F)F)c1Cl. The maximum atomic E-state index is 12.2. The van der Waals surface area contributed by atoms with Crippen LogP contribution >= 0.6 is 11.6 Å². The fourth-order valence-electron chi connectivity index (χ4n) is 1.06. The lowest BCUT2D eigenvalue weighted by Gasteiger charge is -2.15. The topological polar surface area (TPSA) is 26.0 Å². The monoisotopic (exact) mass is 263 g/mol. The molecule has 0 saturated heterocycles. The van der Waals surface area contributed by atoms with Gasteiger partial charge in [-0.15, -0.1) is 0 Å². The van der Waals surface area contributed by atoms with Gasteiger partial charge >= 0.3 is 12.4 Å². The average Bonchev–Trinajstić information content (AvgIpc) is 2.05. The number of hydrogen-bond acceptors (Lipinski definition) is 1. The van der Waals surface area contributed by atoms with Gasteiger partial charge in [0.1, 0.15) is 0 Å². The van der Waals surface area contributed by atoms with Gasteiger partial charge in [-0.1, -0.05) is 11.6 Å². The molecule has 0 amide bonds. The molecule has 1 nitrogen and oxygen atoms in total. The average molecular weight is 264 g/mol. The van der Waals surface area contributed by atoms with Gasteiger partial charge in [-0.05, 0) is 12.1 Å². The maximum Gasteiger partial charge on any atom is 0.418 e. The van der Waals surface area contributed by atoms with Crippen LogP contribution in [0.3, 0.4) is 0 Å². The summed E-state index contributed by atoms with van der Waals surface area (Å²) in [5.74, 6) is 0. The van der Waals surface area contributed by atoms with Gasteiger partial charge in [0.05, 0.1) is 21.8 Å². The van der Waals surface area contributed by atoms with Crippen molar-refractivity contribution in [3.05, 3.63) is 28.3 Å². The minimum atomic E-state index is -4.84. The number of rotatable bonds is 0. The van der Waals surface area contributed by atoms with Crippen molar-refractivity contribution in [2.24, 2.45) is 0 Å².